The van der Waals surface area contributed by atoms with Gasteiger partial charge < -0.3 is 15.2 Å². The number of benzene rings is 1. The normalized spacial score (nSPS) is 15.8. The van der Waals surface area contributed by atoms with E-state index in [1.165, 1.54) is 0 Å². The third-order valence-electron chi connectivity index (χ3n) is 2.60. The van der Waals surface area contributed by atoms with Crippen LogP contribution in [0.4, 0.5) is 8.78 Å². The highest BCUT2D eigenvalue weighted by Crippen LogP contribution is 2.26. The van der Waals surface area contributed by atoms with Crippen molar-refractivity contribution in [3.8, 4) is 5.75 Å². The van der Waals surface area contributed by atoms with Crippen LogP contribution in [0.3, 0.4) is 0 Å². The van der Waals surface area contributed by atoms with Crippen molar-refractivity contribution in [3.05, 3.63) is 28.2 Å². The minimum atomic E-state index is -0.788. The molecular formula is C12H15BrClF2NO2. The van der Waals surface area contributed by atoms with Gasteiger partial charge in [0.2, 0.25) is 0 Å². The molecule has 0 heterocycles. The van der Waals surface area contributed by atoms with Gasteiger partial charge in [0.25, 0.3) is 0 Å². The number of aliphatic hydroxyl groups is 1. The molecule has 2 N–H and O–H groups in total. The Morgan fingerprint density at radius 2 is 1.95 bits per heavy atom. The van der Waals surface area contributed by atoms with Crippen LogP contribution in [-0.2, 0) is 0 Å². The standard InChI is InChI=1S/C12H14BrF2NO2.ClH/c13-7-3-10(14)12(11(15)4-7)18-6-9(17)5-16-8-1-2-8;/h3-4,8-9,16-17H,1-2,5-6H2;1H. The molecule has 0 saturated heterocycles. The summed E-state index contributed by atoms with van der Waals surface area (Å²) in [5.74, 6) is -2.03. The van der Waals surface area contributed by atoms with Crippen LogP contribution in [0.1, 0.15) is 12.8 Å². The van der Waals surface area contributed by atoms with Gasteiger partial charge in [-0.2, -0.15) is 0 Å². The maximum atomic E-state index is 13.4. The zero-order chi connectivity index (χ0) is 13.1. The van der Waals surface area contributed by atoms with E-state index in [2.05, 4.69) is 21.2 Å². The average Bonchev–Trinajstić information content (AvgIpc) is 3.08. The predicted octanol–water partition coefficient (Wildman–Crippen LogP) is 2.64. The molecule has 0 bridgehead atoms. The van der Waals surface area contributed by atoms with Crippen LogP contribution in [0.15, 0.2) is 16.6 Å². The van der Waals surface area contributed by atoms with E-state index in [-0.39, 0.29) is 19.0 Å². The number of hydrogen-bond acceptors (Lipinski definition) is 3. The van der Waals surface area contributed by atoms with Crippen molar-refractivity contribution < 1.29 is 18.6 Å². The summed E-state index contributed by atoms with van der Waals surface area (Å²) >= 11 is 2.98. The molecule has 0 aliphatic heterocycles. The van der Waals surface area contributed by atoms with Crippen LogP contribution in [0.25, 0.3) is 0 Å². The fourth-order valence-electron chi connectivity index (χ4n) is 1.50. The Hall–Kier alpha value is -0.430. The summed E-state index contributed by atoms with van der Waals surface area (Å²) < 4.78 is 32.1. The van der Waals surface area contributed by atoms with Crippen molar-refractivity contribution >= 4 is 28.3 Å². The molecule has 1 aromatic carbocycles. The largest absolute Gasteiger partial charge is 0.485 e. The van der Waals surface area contributed by atoms with Crippen molar-refractivity contribution in [1.29, 1.82) is 0 Å². The average molecular weight is 359 g/mol. The van der Waals surface area contributed by atoms with E-state index in [0.29, 0.717) is 17.1 Å². The third kappa shape index (κ3) is 5.22. The van der Waals surface area contributed by atoms with Crippen molar-refractivity contribution in [2.45, 2.75) is 25.0 Å². The number of rotatable bonds is 6. The van der Waals surface area contributed by atoms with E-state index in [0.717, 1.165) is 25.0 Å². The molecule has 108 valence electrons. The van der Waals surface area contributed by atoms with Gasteiger partial charge in [-0.15, -0.1) is 12.4 Å². The highest BCUT2D eigenvalue weighted by atomic mass is 79.9. The van der Waals surface area contributed by atoms with E-state index in [4.69, 9.17) is 4.74 Å². The molecule has 3 nitrogen and oxygen atoms in total. The monoisotopic (exact) mass is 357 g/mol. The number of aliphatic hydroxyl groups excluding tert-OH is 1. The van der Waals surface area contributed by atoms with Gasteiger partial charge in [0, 0.05) is 17.1 Å². The van der Waals surface area contributed by atoms with Crippen molar-refractivity contribution in [1.82, 2.24) is 5.32 Å². The SMILES string of the molecule is Cl.OC(CNC1CC1)COc1c(F)cc(Br)cc1F. The summed E-state index contributed by atoms with van der Waals surface area (Å²) in [5, 5.41) is 12.7. The van der Waals surface area contributed by atoms with Gasteiger partial charge in [0.1, 0.15) is 12.7 Å². The van der Waals surface area contributed by atoms with Crippen molar-refractivity contribution in [2.24, 2.45) is 0 Å². The highest BCUT2D eigenvalue weighted by Gasteiger charge is 2.21. The fourth-order valence-corrected chi connectivity index (χ4v) is 1.90. The van der Waals surface area contributed by atoms with Crippen LogP contribution in [0.5, 0.6) is 5.75 Å². The van der Waals surface area contributed by atoms with Gasteiger partial charge in [0.05, 0.1) is 0 Å². The second kappa shape index (κ2) is 7.38. The predicted molar refractivity (Wildman–Crippen MR) is 73.8 cm³/mol. The summed E-state index contributed by atoms with van der Waals surface area (Å²) in [5.41, 5.74) is 0. The first-order valence-electron chi connectivity index (χ1n) is 5.75. The lowest BCUT2D eigenvalue weighted by atomic mass is 10.3. The fraction of sp³-hybridized carbons (Fsp3) is 0.500. The van der Waals surface area contributed by atoms with Gasteiger partial charge in [0.15, 0.2) is 17.4 Å². The summed E-state index contributed by atoms with van der Waals surface area (Å²) in [4.78, 5) is 0. The van der Waals surface area contributed by atoms with Crippen LogP contribution < -0.4 is 10.1 Å². The van der Waals surface area contributed by atoms with Gasteiger partial charge >= 0.3 is 0 Å². The molecule has 2 rings (SSSR count). The van der Waals surface area contributed by atoms with E-state index in [1.807, 2.05) is 0 Å². The topological polar surface area (TPSA) is 41.5 Å². The minimum absolute atomic E-state index is 0. The molecule has 1 unspecified atom stereocenters. The number of ether oxygens (including phenoxy) is 1. The summed E-state index contributed by atoms with van der Waals surface area (Å²) in [6, 6.07) is 2.71. The second-order valence-electron chi connectivity index (χ2n) is 4.35. The van der Waals surface area contributed by atoms with Crippen LogP contribution in [-0.4, -0.2) is 30.4 Å². The molecule has 1 fully saturated rings. The maximum absolute atomic E-state index is 13.4. The molecule has 0 aromatic heterocycles. The lowest BCUT2D eigenvalue weighted by molar-refractivity contribution is 0.101. The zero-order valence-electron chi connectivity index (χ0n) is 10.0. The molecule has 1 aliphatic rings. The van der Waals surface area contributed by atoms with E-state index >= 15 is 0 Å². The Morgan fingerprint density at radius 3 is 2.47 bits per heavy atom. The third-order valence-corrected chi connectivity index (χ3v) is 3.06. The lowest BCUT2D eigenvalue weighted by Crippen LogP contribution is -2.32. The summed E-state index contributed by atoms with van der Waals surface area (Å²) in [7, 11) is 0. The molecule has 19 heavy (non-hydrogen) atoms. The number of nitrogens with one attached hydrogen (secondary N) is 1. The summed E-state index contributed by atoms with van der Waals surface area (Å²) in [6.45, 7) is 0.222. The Labute approximate surface area is 124 Å². The first kappa shape index (κ1) is 16.6. The Balaban J connectivity index is 0.00000180. The maximum Gasteiger partial charge on any atom is 0.190 e. The molecule has 0 radical (unpaired) electrons. The first-order valence-corrected chi connectivity index (χ1v) is 6.54. The quantitative estimate of drug-likeness (QED) is 0.821. The van der Waals surface area contributed by atoms with Crippen molar-refractivity contribution in [3.63, 3.8) is 0 Å². The second-order valence-corrected chi connectivity index (χ2v) is 5.26. The van der Waals surface area contributed by atoms with Crippen LogP contribution >= 0.6 is 28.3 Å². The van der Waals surface area contributed by atoms with Gasteiger partial charge in [-0.3, -0.25) is 0 Å². The minimum Gasteiger partial charge on any atom is -0.485 e. The van der Waals surface area contributed by atoms with E-state index in [1.54, 1.807) is 0 Å². The molecule has 0 amide bonds. The molecule has 7 heteroatoms. The number of hydrogen-bond donors (Lipinski definition) is 2. The molecule has 0 spiro atoms. The molecule has 1 aromatic rings. The van der Waals surface area contributed by atoms with Crippen LogP contribution in [0, 0.1) is 11.6 Å². The molecule has 1 saturated carbocycles. The zero-order valence-corrected chi connectivity index (χ0v) is 12.4. The lowest BCUT2D eigenvalue weighted by Gasteiger charge is -2.14. The Kier molecular flexibility index (Phi) is 6.46. The smallest absolute Gasteiger partial charge is 0.190 e. The first-order chi connectivity index (χ1) is 8.56. The van der Waals surface area contributed by atoms with Gasteiger partial charge in [-0.1, -0.05) is 15.9 Å². The Morgan fingerprint density at radius 1 is 1.37 bits per heavy atom. The van der Waals surface area contributed by atoms with Crippen LogP contribution in [0.2, 0.25) is 0 Å². The van der Waals surface area contributed by atoms with E-state index < -0.39 is 23.5 Å². The molecule has 1 aliphatic carbocycles. The molecular weight excluding hydrogens is 343 g/mol. The Bertz CT molecular complexity index is 409. The van der Waals surface area contributed by atoms with Crippen molar-refractivity contribution in [2.75, 3.05) is 13.2 Å². The number of halogens is 4. The van der Waals surface area contributed by atoms with Gasteiger partial charge in [-0.05, 0) is 25.0 Å². The van der Waals surface area contributed by atoms with Gasteiger partial charge in [-0.25, -0.2) is 8.78 Å². The summed E-state index contributed by atoms with van der Waals surface area (Å²) in [6.07, 6.45) is 1.45. The van der Waals surface area contributed by atoms with E-state index in [9.17, 15) is 13.9 Å². The molecule has 1 atom stereocenters. The highest BCUT2D eigenvalue weighted by molar-refractivity contribution is 9.10.